The highest BCUT2D eigenvalue weighted by molar-refractivity contribution is 7.00. The maximum absolute atomic E-state index is 13.0. The molecule has 7 nitrogen and oxygen atoms in total. The first-order valence-electron chi connectivity index (χ1n) is 7.73. The van der Waals surface area contributed by atoms with Gasteiger partial charge in [0.15, 0.2) is 0 Å². The van der Waals surface area contributed by atoms with Crippen molar-refractivity contribution >= 4 is 39.8 Å². The monoisotopic (exact) mass is 353 g/mol. The summed E-state index contributed by atoms with van der Waals surface area (Å²) in [6.45, 7) is 4.11. The molecule has 0 bridgehead atoms. The predicted octanol–water partition coefficient (Wildman–Crippen LogP) is 3.12. The first-order chi connectivity index (χ1) is 12.0. The van der Waals surface area contributed by atoms with E-state index in [2.05, 4.69) is 18.9 Å². The second-order valence-electron chi connectivity index (χ2n) is 6.01. The third kappa shape index (κ3) is 2.74. The SMILES string of the molecule is Cc1cc(C(=O)N(C)Cc2ccc3nsnc3c2)c2c(C)noc2n1. The molecular weight excluding hydrogens is 338 g/mol. The molecule has 4 aromatic rings. The van der Waals surface area contributed by atoms with Gasteiger partial charge in [-0.25, -0.2) is 4.98 Å². The summed E-state index contributed by atoms with van der Waals surface area (Å²) < 4.78 is 13.7. The van der Waals surface area contributed by atoms with Crippen LogP contribution in [0, 0.1) is 13.8 Å². The molecule has 126 valence electrons. The summed E-state index contributed by atoms with van der Waals surface area (Å²) in [6, 6.07) is 7.62. The minimum atomic E-state index is -0.0988. The molecule has 1 amide bonds. The number of aryl methyl sites for hydroxylation is 2. The number of amides is 1. The Morgan fingerprint density at radius 2 is 2.00 bits per heavy atom. The highest BCUT2D eigenvalue weighted by Gasteiger charge is 2.20. The number of rotatable bonds is 3. The number of aromatic nitrogens is 4. The van der Waals surface area contributed by atoms with Crippen molar-refractivity contribution in [3.8, 4) is 0 Å². The third-order valence-corrected chi connectivity index (χ3v) is 4.62. The van der Waals surface area contributed by atoms with Gasteiger partial charge in [-0.05, 0) is 37.6 Å². The number of fused-ring (bicyclic) bond motifs is 2. The van der Waals surface area contributed by atoms with Crippen molar-refractivity contribution in [3.63, 3.8) is 0 Å². The molecule has 1 aromatic carbocycles. The number of carbonyl (C=O) groups is 1. The normalized spacial score (nSPS) is 11.3. The minimum absolute atomic E-state index is 0.0988. The number of benzene rings is 1. The molecule has 0 spiro atoms. The van der Waals surface area contributed by atoms with Crippen LogP contribution in [0.25, 0.3) is 22.1 Å². The van der Waals surface area contributed by atoms with Crippen LogP contribution in [0.2, 0.25) is 0 Å². The Morgan fingerprint density at radius 1 is 1.20 bits per heavy atom. The van der Waals surface area contributed by atoms with Gasteiger partial charge in [0.2, 0.25) is 0 Å². The smallest absolute Gasteiger partial charge is 0.258 e. The van der Waals surface area contributed by atoms with Crippen LogP contribution >= 0.6 is 11.7 Å². The van der Waals surface area contributed by atoms with Crippen molar-refractivity contribution in [1.82, 2.24) is 23.8 Å². The lowest BCUT2D eigenvalue weighted by Crippen LogP contribution is -2.26. The molecule has 0 radical (unpaired) electrons. The summed E-state index contributed by atoms with van der Waals surface area (Å²) in [5.41, 5.74) is 5.05. The number of nitrogens with zero attached hydrogens (tertiary/aromatic N) is 5. The number of hydrogen-bond acceptors (Lipinski definition) is 7. The van der Waals surface area contributed by atoms with E-state index in [9.17, 15) is 4.79 Å². The van der Waals surface area contributed by atoms with Crippen molar-refractivity contribution in [1.29, 1.82) is 0 Å². The summed E-state index contributed by atoms with van der Waals surface area (Å²) in [7, 11) is 1.77. The Bertz CT molecular complexity index is 1100. The highest BCUT2D eigenvalue weighted by atomic mass is 32.1. The zero-order valence-corrected chi connectivity index (χ0v) is 14.8. The van der Waals surface area contributed by atoms with Crippen molar-refractivity contribution in [2.75, 3.05) is 7.05 Å². The van der Waals surface area contributed by atoms with E-state index in [-0.39, 0.29) is 5.91 Å². The van der Waals surface area contributed by atoms with E-state index in [4.69, 9.17) is 4.52 Å². The lowest BCUT2D eigenvalue weighted by molar-refractivity contribution is 0.0787. The zero-order chi connectivity index (χ0) is 17.6. The van der Waals surface area contributed by atoms with Gasteiger partial charge < -0.3 is 9.42 Å². The largest absolute Gasteiger partial charge is 0.337 e. The molecule has 25 heavy (non-hydrogen) atoms. The second kappa shape index (κ2) is 5.89. The van der Waals surface area contributed by atoms with Crippen LogP contribution in [-0.2, 0) is 6.54 Å². The summed E-state index contributed by atoms with van der Waals surface area (Å²) in [4.78, 5) is 18.9. The molecule has 0 saturated heterocycles. The van der Waals surface area contributed by atoms with Crippen molar-refractivity contribution < 1.29 is 9.32 Å². The van der Waals surface area contributed by atoms with Crippen LogP contribution in [-0.4, -0.2) is 36.7 Å². The van der Waals surface area contributed by atoms with Crippen LogP contribution in [0.4, 0.5) is 0 Å². The molecule has 0 N–H and O–H groups in total. The van der Waals surface area contributed by atoms with E-state index in [0.717, 1.165) is 22.3 Å². The summed E-state index contributed by atoms with van der Waals surface area (Å²) in [5.74, 6) is -0.0988. The average Bonchev–Trinajstić information content (AvgIpc) is 3.19. The first-order valence-corrected chi connectivity index (χ1v) is 8.46. The minimum Gasteiger partial charge on any atom is -0.337 e. The van der Waals surface area contributed by atoms with Crippen molar-refractivity contribution in [2.45, 2.75) is 20.4 Å². The Labute approximate surface area is 147 Å². The fourth-order valence-corrected chi connectivity index (χ4v) is 3.38. The van der Waals surface area contributed by atoms with Crippen LogP contribution in [0.5, 0.6) is 0 Å². The highest BCUT2D eigenvalue weighted by Crippen LogP contribution is 2.23. The van der Waals surface area contributed by atoms with Crippen molar-refractivity contribution in [3.05, 3.63) is 46.8 Å². The van der Waals surface area contributed by atoms with Gasteiger partial charge in [-0.2, -0.15) is 8.75 Å². The van der Waals surface area contributed by atoms with Crippen molar-refractivity contribution in [2.24, 2.45) is 0 Å². The lowest BCUT2D eigenvalue weighted by atomic mass is 10.1. The van der Waals surface area contributed by atoms with E-state index in [1.54, 1.807) is 18.0 Å². The number of pyridine rings is 1. The summed E-state index contributed by atoms with van der Waals surface area (Å²) in [6.07, 6.45) is 0. The van der Waals surface area contributed by atoms with Gasteiger partial charge >= 0.3 is 0 Å². The van der Waals surface area contributed by atoms with Gasteiger partial charge in [-0.3, -0.25) is 4.79 Å². The van der Waals surface area contributed by atoms with Gasteiger partial charge in [-0.15, -0.1) is 0 Å². The molecule has 0 unspecified atom stereocenters. The zero-order valence-electron chi connectivity index (χ0n) is 14.0. The predicted molar refractivity (Wildman–Crippen MR) is 94.5 cm³/mol. The number of carbonyl (C=O) groups excluding carboxylic acids is 1. The van der Waals surface area contributed by atoms with Crippen LogP contribution in [0.3, 0.4) is 0 Å². The van der Waals surface area contributed by atoms with Gasteiger partial charge in [0.05, 0.1) is 28.4 Å². The van der Waals surface area contributed by atoms with E-state index in [0.29, 0.717) is 28.9 Å². The molecule has 0 atom stereocenters. The molecule has 8 heteroatoms. The fraction of sp³-hybridized carbons (Fsp3) is 0.235. The van der Waals surface area contributed by atoms with Crippen LogP contribution in [0.1, 0.15) is 27.3 Å². The molecular formula is C17H15N5O2S. The molecule has 4 rings (SSSR count). The first kappa shape index (κ1) is 15.6. The second-order valence-corrected chi connectivity index (χ2v) is 6.54. The molecule has 0 aliphatic carbocycles. The Kier molecular flexibility index (Phi) is 3.69. The van der Waals surface area contributed by atoms with E-state index in [1.807, 2.05) is 32.0 Å². The van der Waals surface area contributed by atoms with Crippen LogP contribution in [0.15, 0.2) is 28.8 Å². The molecule has 3 heterocycles. The Morgan fingerprint density at radius 3 is 2.84 bits per heavy atom. The molecule has 0 fully saturated rings. The van der Waals surface area contributed by atoms with E-state index >= 15 is 0 Å². The molecule has 0 saturated carbocycles. The number of hydrogen-bond donors (Lipinski definition) is 0. The van der Waals surface area contributed by atoms with Gasteiger partial charge in [-0.1, -0.05) is 11.2 Å². The molecule has 0 aliphatic rings. The topological polar surface area (TPSA) is 85.0 Å². The lowest BCUT2D eigenvalue weighted by Gasteiger charge is -2.18. The average molecular weight is 353 g/mol. The van der Waals surface area contributed by atoms with Gasteiger partial charge in [0.1, 0.15) is 11.0 Å². The standard InChI is InChI=1S/C17H15N5O2S/c1-9-6-12(15-10(2)19-24-16(15)18-9)17(23)22(3)8-11-4-5-13-14(7-11)21-25-20-13/h4-7H,8H2,1-3H3. The molecule has 0 aliphatic heterocycles. The maximum atomic E-state index is 13.0. The molecule has 3 aromatic heterocycles. The van der Waals surface area contributed by atoms with Crippen LogP contribution < -0.4 is 0 Å². The van der Waals surface area contributed by atoms with Gasteiger partial charge in [0, 0.05) is 19.3 Å². The van der Waals surface area contributed by atoms with Gasteiger partial charge in [0.25, 0.3) is 11.6 Å². The van der Waals surface area contributed by atoms with E-state index < -0.39 is 0 Å². The van der Waals surface area contributed by atoms with E-state index in [1.165, 1.54) is 11.7 Å². The Balaban J connectivity index is 1.67. The maximum Gasteiger partial charge on any atom is 0.258 e. The quantitative estimate of drug-likeness (QED) is 0.562. The Hall–Kier alpha value is -2.87. The summed E-state index contributed by atoms with van der Waals surface area (Å²) >= 11 is 1.18. The fourth-order valence-electron chi connectivity index (χ4n) is 2.86. The third-order valence-electron chi connectivity index (χ3n) is 4.06. The summed E-state index contributed by atoms with van der Waals surface area (Å²) in [5, 5.41) is 4.60.